The molecule has 2 N–H and O–H groups in total. The normalized spacial score (nSPS) is 23.6. The summed E-state index contributed by atoms with van der Waals surface area (Å²) in [6, 6.07) is 0. The van der Waals surface area contributed by atoms with E-state index >= 15 is 0 Å². The minimum Gasteiger partial charge on any atom is -0.330 e. The van der Waals surface area contributed by atoms with Gasteiger partial charge in [-0.25, -0.2) is 12.7 Å². The van der Waals surface area contributed by atoms with E-state index in [4.69, 9.17) is 5.73 Å². The number of rotatable bonds is 3. The molecule has 0 radical (unpaired) electrons. The van der Waals surface area contributed by atoms with Gasteiger partial charge in [0.05, 0.1) is 5.75 Å². The van der Waals surface area contributed by atoms with Crippen molar-refractivity contribution in [2.75, 3.05) is 25.4 Å². The average Bonchev–Trinajstić information content (AvgIpc) is 2.19. The Morgan fingerprint density at radius 2 is 1.86 bits per heavy atom. The molecule has 1 heterocycles. The van der Waals surface area contributed by atoms with E-state index in [9.17, 15) is 8.42 Å². The first-order valence-electron chi connectivity index (χ1n) is 5.11. The summed E-state index contributed by atoms with van der Waals surface area (Å²) in [7, 11) is -2.99. The van der Waals surface area contributed by atoms with Gasteiger partial charge >= 0.3 is 0 Å². The standard InChI is InChI=1S/C9H20N2O2S/c1-3-14(12,13)11-6-4-9(2,8-10)5-7-11/h3-8,10H2,1-2H3. The van der Waals surface area contributed by atoms with Crippen LogP contribution in [-0.4, -0.2) is 38.1 Å². The van der Waals surface area contributed by atoms with Crippen molar-refractivity contribution >= 4 is 10.0 Å². The minimum absolute atomic E-state index is 0.139. The molecule has 0 aromatic rings. The fourth-order valence-corrected chi connectivity index (χ4v) is 2.79. The molecule has 4 nitrogen and oxygen atoms in total. The van der Waals surface area contributed by atoms with E-state index in [1.807, 2.05) is 0 Å². The van der Waals surface area contributed by atoms with Crippen molar-refractivity contribution in [2.24, 2.45) is 11.1 Å². The molecule has 0 amide bonds. The lowest BCUT2D eigenvalue weighted by Crippen LogP contribution is -2.45. The number of nitrogens with two attached hydrogens (primary N) is 1. The molecule has 84 valence electrons. The van der Waals surface area contributed by atoms with Crippen molar-refractivity contribution in [3.05, 3.63) is 0 Å². The summed E-state index contributed by atoms with van der Waals surface area (Å²) in [6.07, 6.45) is 1.76. The molecule has 0 aromatic heterocycles. The van der Waals surface area contributed by atoms with Crippen LogP contribution in [0.15, 0.2) is 0 Å². The van der Waals surface area contributed by atoms with Gasteiger partial charge in [-0.05, 0) is 31.7 Å². The monoisotopic (exact) mass is 220 g/mol. The third-order valence-corrected chi connectivity index (χ3v) is 5.06. The molecule has 1 rings (SSSR count). The highest BCUT2D eigenvalue weighted by molar-refractivity contribution is 7.89. The molecular weight excluding hydrogens is 200 g/mol. The summed E-state index contributed by atoms with van der Waals surface area (Å²) in [5.41, 5.74) is 5.80. The van der Waals surface area contributed by atoms with Crippen molar-refractivity contribution in [1.82, 2.24) is 4.31 Å². The predicted octanol–water partition coefficient (Wildman–Crippen LogP) is 0.397. The smallest absolute Gasteiger partial charge is 0.213 e. The molecular formula is C9H20N2O2S. The van der Waals surface area contributed by atoms with E-state index in [0.29, 0.717) is 19.6 Å². The summed E-state index contributed by atoms with van der Waals surface area (Å²) >= 11 is 0. The summed E-state index contributed by atoms with van der Waals surface area (Å²) in [5, 5.41) is 0. The number of nitrogens with zero attached hydrogens (tertiary/aromatic N) is 1. The largest absolute Gasteiger partial charge is 0.330 e. The van der Waals surface area contributed by atoms with Gasteiger partial charge in [0.1, 0.15) is 0 Å². The van der Waals surface area contributed by atoms with Gasteiger partial charge in [0.25, 0.3) is 0 Å². The number of hydrogen-bond donors (Lipinski definition) is 1. The maximum atomic E-state index is 11.5. The highest BCUT2D eigenvalue weighted by Gasteiger charge is 2.32. The van der Waals surface area contributed by atoms with Crippen LogP contribution >= 0.6 is 0 Å². The molecule has 1 fully saturated rings. The van der Waals surface area contributed by atoms with Crippen LogP contribution in [0.1, 0.15) is 26.7 Å². The molecule has 0 aliphatic carbocycles. The maximum absolute atomic E-state index is 11.5. The fraction of sp³-hybridized carbons (Fsp3) is 1.00. The predicted molar refractivity (Wildman–Crippen MR) is 57.4 cm³/mol. The van der Waals surface area contributed by atoms with E-state index in [1.54, 1.807) is 11.2 Å². The molecule has 0 bridgehead atoms. The van der Waals surface area contributed by atoms with Gasteiger partial charge < -0.3 is 5.73 Å². The van der Waals surface area contributed by atoms with E-state index in [2.05, 4.69) is 6.92 Å². The van der Waals surface area contributed by atoms with Crippen molar-refractivity contribution in [3.63, 3.8) is 0 Å². The van der Waals surface area contributed by atoms with Gasteiger partial charge in [-0.15, -0.1) is 0 Å². The Hall–Kier alpha value is -0.130. The third kappa shape index (κ3) is 2.46. The van der Waals surface area contributed by atoms with Gasteiger partial charge in [0.2, 0.25) is 10.0 Å². The minimum atomic E-state index is -2.99. The fourth-order valence-electron chi connectivity index (χ4n) is 1.69. The Morgan fingerprint density at radius 1 is 1.36 bits per heavy atom. The average molecular weight is 220 g/mol. The molecule has 0 atom stereocenters. The summed E-state index contributed by atoms with van der Waals surface area (Å²) in [4.78, 5) is 0. The number of sulfonamides is 1. The molecule has 1 saturated heterocycles. The molecule has 1 aliphatic heterocycles. The SMILES string of the molecule is CCS(=O)(=O)N1CCC(C)(CN)CC1. The Morgan fingerprint density at radius 3 is 2.21 bits per heavy atom. The van der Waals surface area contributed by atoms with Crippen LogP contribution in [0.5, 0.6) is 0 Å². The molecule has 0 aromatic carbocycles. The second kappa shape index (κ2) is 4.16. The first-order valence-corrected chi connectivity index (χ1v) is 6.72. The lowest BCUT2D eigenvalue weighted by atomic mass is 9.81. The van der Waals surface area contributed by atoms with Gasteiger partial charge in [-0.3, -0.25) is 0 Å². The quantitative estimate of drug-likeness (QED) is 0.748. The van der Waals surface area contributed by atoms with Crippen molar-refractivity contribution in [2.45, 2.75) is 26.7 Å². The molecule has 1 aliphatic rings. The zero-order chi connectivity index (χ0) is 10.8. The second-order valence-electron chi connectivity index (χ2n) is 4.31. The topological polar surface area (TPSA) is 63.4 Å². The van der Waals surface area contributed by atoms with Gasteiger partial charge in [-0.2, -0.15) is 0 Å². The van der Waals surface area contributed by atoms with Crippen LogP contribution in [0.2, 0.25) is 0 Å². The van der Waals surface area contributed by atoms with Crippen LogP contribution in [0, 0.1) is 5.41 Å². The first-order chi connectivity index (χ1) is 6.43. The third-order valence-electron chi connectivity index (χ3n) is 3.18. The van der Waals surface area contributed by atoms with E-state index < -0.39 is 10.0 Å². The van der Waals surface area contributed by atoms with Crippen LogP contribution in [-0.2, 0) is 10.0 Å². The Kier molecular flexibility index (Phi) is 3.55. The van der Waals surface area contributed by atoms with Crippen molar-refractivity contribution in [3.8, 4) is 0 Å². The van der Waals surface area contributed by atoms with E-state index in [1.165, 1.54) is 0 Å². The van der Waals surface area contributed by atoms with Gasteiger partial charge in [0, 0.05) is 13.1 Å². The van der Waals surface area contributed by atoms with E-state index in [-0.39, 0.29) is 11.2 Å². The first kappa shape index (κ1) is 11.9. The van der Waals surface area contributed by atoms with Crippen molar-refractivity contribution < 1.29 is 8.42 Å². The van der Waals surface area contributed by atoms with Gasteiger partial charge in [0.15, 0.2) is 0 Å². The molecule has 5 heteroatoms. The highest BCUT2D eigenvalue weighted by Crippen LogP contribution is 2.30. The molecule has 0 saturated carbocycles. The lowest BCUT2D eigenvalue weighted by molar-refractivity contribution is 0.183. The summed E-state index contributed by atoms with van der Waals surface area (Å²) in [6.45, 7) is 5.72. The van der Waals surface area contributed by atoms with E-state index in [0.717, 1.165) is 12.8 Å². The second-order valence-corrected chi connectivity index (χ2v) is 6.57. The maximum Gasteiger partial charge on any atom is 0.213 e. The van der Waals surface area contributed by atoms with Crippen LogP contribution in [0.4, 0.5) is 0 Å². The van der Waals surface area contributed by atoms with Crippen molar-refractivity contribution in [1.29, 1.82) is 0 Å². The summed E-state index contributed by atoms with van der Waals surface area (Å²) < 4.78 is 24.7. The zero-order valence-corrected chi connectivity index (χ0v) is 9.81. The summed E-state index contributed by atoms with van der Waals surface area (Å²) in [5.74, 6) is 0.201. The molecule has 0 unspecified atom stereocenters. The Bertz CT molecular complexity index is 279. The zero-order valence-electron chi connectivity index (χ0n) is 8.99. The Labute approximate surface area is 86.5 Å². The van der Waals surface area contributed by atoms with Crippen LogP contribution in [0.3, 0.4) is 0 Å². The number of hydrogen-bond acceptors (Lipinski definition) is 3. The number of piperidine rings is 1. The van der Waals surface area contributed by atoms with Crippen LogP contribution in [0.25, 0.3) is 0 Å². The van der Waals surface area contributed by atoms with Gasteiger partial charge in [-0.1, -0.05) is 6.92 Å². The lowest BCUT2D eigenvalue weighted by Gasteiger charge is -2.37. The Balaban J connectivity index is 2.60. The molecule has 0 spiro atoms. The molecule has 14 heavy (non-hydrogen) atoms. The van der Waals surface area contributed by atoms with Crippen LogP contribution < -0.4 is 5.73 Å². The highest BCUT2D eigenvalue weighted by atomic mass is 32.2.